The minimum absolute atomic E-state index is 0. The van der Waals surface area contributed by atoms with E-state index < -0.39 is 11.9 Å². The van der Waals surface area contributed by atoms with E-state index in [-0.39, 0.29) is 23.5 Å². The van der Waals surface area contributed by atoms with Crippen molar-refractivity contribution in [1.82, 2.24) is 0 Å². The molecule has 4 nitrogen and oxygen atoms in total. The van der Waals surface area contributed by atoms with Crippen LogP contribution in [0.3, 0.4) is 0 Å². The molecule has 0 saturated carbocycles. The fraction of sp³-hybridized carbons (Fsp3) is 0.286. The number of carbonyl (C=O) groups is 2. The predicted molar refractivity (Wildman–Crippen MR) is 77.3 cm³/mol. The van der Waals surface area contributed by atoms with E-state index in [4.69, 9.17) is 10.2 Å². The van der Waals surface area contributed by atoms with Crippen molar-refractivity contribution in [2.75, 3.05) is 0 Å². The van der Waals surface area contributed by atoms with Gasteiger partial charge in [0.1, 0.15) is 0 Å². The summed E-state index contributed by atoms with van der Waals surface area (Å²) < 4.78 is 0. The summed E-state index contributed by atoms with van der Waals surface area (Å²) >= 11 is 0. The van der Waals surface area contributed by atoms with Gasteiger partial charge in [0.05, 0.1) is 11.1 Å². The van der Waals surface area contributed by atoms with E-state index in [0.717, 1.165) is 6.07 Å². The van der Waals surface area contributed by atoms with Crippen LogP contribution in [0.4, 0.5) is 0 Å². The zero-order valence-corrected chi connectivity index (χ0v) is 11.7. The van der Waals surface area contributed by atoms with Crippen molar-refractivity contribution in [1.29, 1.82) is 0 Å². The number of aromatic carboxylic acids is 2. The maximum Gasteiger partial charge on any atom is 0.335 e. The number of carboxylic acids is 2. The minimum atomic E-state index is -1.13. The number of hydrogen-bond acceptors (Lipinski definition) is 2. The number of unbranched alkanes of at least 4 members (excludes halogenated alkanes) is 2. The zero-order valence-electron chi connectivity index (χ0n) is 10.8. The lowest BCUT2D eigenvalue weighted by molar-refractivity contribution is 0.0696. The van der Waals surface area contributed by atoms with Gasteiger partial charge in [0.15, 0.2) is 0 Å². The zero-order chi connectivity index (χ0) is 14.0. The molecule has 1 rings (SSSR count). The van der Waals surface area contributed by atoms with Crippen molar-refractivity contribution >= 4 is 24.3 Å². The minimum Gasteiger partial charge on any atom is -0.478 e. The molecule has 2 N–H and O–H groups in total. The van der Waals surface area contributed by atoms with Gasteiger partial charge in [-0.3, -0.25) is 0 Å². The second-order valence-corrected chi connectivity index (χ2v) is 3.62. The summed E-state index contributed by atoms with van der Waals surface area (Å²) in [6.45, 7) is 5.78. The third kappa shape index (κ3) is 8.85. The van der Waals surface area contributed by atoms with Crippen molar-refractivity contribution in [3.8, 4) is 0 Å². The Morgan fingerprint density at radius 2 is 1.68 bits per heavy atom. The molecule has 0 unspecified atom stereocenters. The van der Waals surface area contributed by atoms with E-state index in [9.17, 15) is 9.59 Å². The standard InChI is InChI=1S/C8H6O4.C6H12.ClH/c9-7(10)5-2-1-3-6(4-5)8(11)12;1-3-5-6-4-2;/h1-4H,(H,9,10)(H,11,12);3H,1,4-6H2,2H3;1H. The second kappa shape index (κ2) is 11.3. The second-order valence-electron chi connectivity index (χ2n) is 3.62. The van der Waals surface area contributed by atoms with Gasteiger partial charge in [0.2, 0.25) is 0 Å². The monoisotopic (exact) mass is 286 g/mol. The fourth-order valence-electron chi connectivity index (χ4n) is 1.13. The molecule has 0 aromatic heterocycles. The molecule has 106 valence electrons. The lowest BCUT2D eigenvalue weighted by Crippen LogP contribution is -2.01. The summed E-state index contributed by atoms with van der Waals surface area (Å²) in [7, 11) is 0. The number of carboxylic acid groups (broad SMARTS) is 2. The lowest BCUT2D eigenvalue weighted by Gasteiger charge is -1.95. The topological polar surface area (TPSA) is 74.6 Å². The van der Waals surface area contributed by atoms with Gasteiger partial charge in [-0.15, -0.1) is 19.0 Å². The molecule has 0 fully saturated rings. The van der Waals surface area contributed by atoms with Crippen LogP contribution in [0.1, 0.15) is 46.9 Å². The number of allylic oxidation sites excluding steroid dienone is 1. The summed E-state index contributed by atoms with van der Waals surface area (Å²) in [5.41, 5.74) is -0.0372. The molecular formula is C14H19ClO4. The first-order chi connectivity index (χ1) is 8.52. The van der Waals surface area contributed by atoms with Gasteiger partial charge in [-0.25, -0.2) is 9.59 Å². The normalized spacial score (nSPS) is 8.47. The van der Waals surface area contributed by atoms with Gasteiger partial charge in [0.25, 0.3) is 0 Å². The smallest absolute Gasteiger partial charge is 0.335 e. The third-order valence-corrected chi connectivity index (χ3v) is 2.12. The van der Waals surface area contributed by atoms with Gasteiger partial charge in [-0.2, -0.15) is 0 Å². The molecule has 0 aliphatic rings. The van der Waals surface area contributed by atoms with E-state index in [1.165, 1.54) is 37.5 Å². The summed E-state index contributed by atoms with van der Waals surface area (Å²) in [6, 6.07) is 5.20. The molecule has 0 amide bonds. The fourth-order valence-corrected chi connectivity index (χ4v) is 1.13. The van der Waals surface area contributed by atoms with Crippen LogP contribution < -0.4 is 0 Å². The van der Waals surface area contributed by atoms with E-state index in [1.807, 2.05) is 6.08 Å². The molecule has 1 aromatic carbocycles. The number of rotatable bonds is 5. The van der Waals surface area contributed by atoms with Gasteiger partial charge in [-0.1, -0.05) is 31.9 Å². The Morgan fingerprint density at radius 1 is 1.21 bits per heavy atom. The molecular weight excluding hydrogens is 268 g/mol. The summed E-state index contributed by atoms with van der Waals surface area (Å²) in [6.07, 6.45) is 5.72. The Labute approximate surface area is 119 Å². The highest BCUT2D eigenvalue weighted by Crippen LogP contribution is 2.04. The Kier molecular flexibility index (Phi) is 11.6. The summed E-state index contributed by atoms with van der Waals surface area (Å²) in [5.74, 6) is -2.25. The van der Waals surface area contributed by atoms with Crippen LogP contribution in [-0.2, 0) is 0 Å². The highest BCUT2D eigenvalue weighted by molar-refractivity contribution is 5.93. The largest absolute Gasteiger partial charge is 0.478 e. The van der Waals surface area contributed by atoms with Gasteiger partial charge in [-0.05, 0) is 24.6 Å². The van der Waals surface area contributed by atoms with Crippen molar-refractivity contribution in [3.63, 3.8) is 0 Å². The van der Waals surface area contributed by atoms with Crippen LogP contribution in [0, 0.1) is 0 Å². The SMILES string of the molecule is C=CCCCC.Cl.O=C(O)c1cccc(C(=O)O)c1. The molecule has 0 radical (unpaired) electrons. The van der Waals surface area contributed by atoms with Gasteiger partial charge in [0, 0.05) is 0 Å². The molecule has 0 bridgehead atoms. The van der Waals surface area contributed by atoms with E-state index >= 15 is 0 Å². The van der Waals surface area contributed by atoms with Crippen LogP contribution in [0.5, 0.6) is 0 Å². The quantitative estimate of drug-likeness (QED) is 0.636. The molecule has 0 heterocycles. The van der Waals surface area contributed by atoms with Crippen molar-refractivity contribution in [2.45, 2.75) is 26.2 Å². The number of halogens is 1. The Bertz CT molecular complexity index is 386. The van der Waals surface area contributed by atoms with Crippen molar-refractivity contribution in [3.05, 3.63) is 48.0 Å². The van der Waals surface area contributed by atoms with Crippen LogP contribution in [0.2, 0.25) is 0 Å². The maximum atomic E-state index is 10.4. The molecule has 0 spiro atoms. The molecule has 1 aromatic rings. The number of hydrogen-bond donors (Lipinski definition) is 2. The first kappa shape index (κ1) is 19.5. The molecule has 5 heteroatoms. The first-order valence-electron chi connectivity index (χ1n) is 5.70. The Hall–Kier alpha value is -1.81. The van der Waals surface area contributed by atoms with Crippen LogP contribution >= 0.6 is 12.4 Å². The molecule has 0 atom stereocenters. The Morgan fingerprint density at radius 3 is 1.95 bits per heavy atom. The summed E-state index contributed by atoms with van der Waals surface area (Å²) in [4.78, 5) is 20.8. The lowest BCUT2D eigenvalue weighted by atomic mass is 10.1. The average Bonchev–Trinajstić information content (AvgIpc) is 2.37. The maximum absolute atomic E-state index is 10.4. The molecule has 0 saturated heterocycles. The van der Waals surface area contributed by atoms with Gasteiger partial charge >= 0.3 is 11.9 Å². The number of benzene rings is 1. The average molecular weight is 287 g/mol. The predicted octanol–water partition coefficient (Wildman–Crippen LogP) is 3.87. The van der Waals surface area contributed by atoms with E-state index in [0.29, 0.717) is 0 Å². The molecule has 19 heavy (non-hydrogen) atoms. The van der Waals surface area contributed by atoms with Gasteiger partial charge < -0.3 is 10.2 Å². The Balaban J connectivity index is 0. The van der Waals surface area contributed by atoms with Crippen LogP contribution in [0.25, 0.3) is 0 Å². The summed E-state index contributed by atoms with van der Waals surface area (Å²) in [5, 5.41) is 17.0. The van der Waals surface area contributed by atoms with Crippen LogP contribution in [-0.4, -0.2) is 22.2 Å². The van der Waals surface area contributed by atoms with E-state index in [2.05, 4.69) is 13.5 Å². The van der Waals surface area contributed by atoms with Crippen LogP contribution in [0.15, 0.2) is 36.9 Å². The van der Waals surface area contributed by atoms with Crippen molar-refractivity contribution in [2.24, 2.45) is 0 Å². The third-order valence-electron chi connectivity index (χ3n) is 2.12. The molecule has 0 aliphatic heterocycles. The van der Waals surface area contributed by atoms with Crippen molar-refractivity contribution < 1.29 is 19.8 Å². The highest BCUT2D eigenvalue weighted by Gasteiger charge is 2.06. The molecule has 0 aliphatic carbocycles. The highest BCUT2D eigenvalue weighted by atomic mass is 35.5. The first-order valence-corrected chi connectivity index (χ1v) is 5.70. The van der Waals surface area contributed by atoms with E-state index in [1.54, 1.807) is 0 Å².